The number of anilines is 1. The minimum Gasteiger partial charge on any atom is -0.497 e. The van der Waals surface area contributed by atoms with Gasteiger partial charge in [0.15, 0.2) is 5.43 Å². The van der Waals surface area contributed by atoms with Gasteiger partial charge < -0.3 is 9.15 Å². The number of hydrogen-bond donors (Lipinski definition) is 0. The first-order chi connectivity index (χ1) is 15.8. The topological polar surface area (TPSA) is 59.8 Å². The zero-order valence-corrected chi connectivity index (χ0v) is 19.1. The van der Waals surface area contributed by atoms with E-state index in [0.717, 1.165) is 5.56 Å². The van der Waals surface area contributed by atoms with Crippen LogP contribution in [-0.4, -0.2) is 13.0 Å². The number of fused-ring (bicyclic) bond motifs is 2. The van der Waals surface area contributed by atoms with Crippen molar-refractivity contribution < 1.29 is 13.9 Å². The van der Waals surface area contributed by atoms with Crippen LogP contribution in [0.4, 0.5) is 5.69 Å². The summed E-state index contributed by atoms with van der Waals surface area (Å²) in [5.41, 5.74) is 3.30. The Morgan fingerprint density at radius 2 is 1.55 bits per heavy atom. The number of amides is 1. The van der Waals surface area contributed by atoms with Crippen LogP contribution in [0.25, 0.3) is 11.0 Å². The van der Waals surface area contributed by atoms with Crippen molar-refractivity contribution >= 4 is 22.6 Å². The second-order valence-electron chi connectivity index (χ2n) is 9.32. The molecule has 0 fully saturated rings. The second-order valence-corrected chi connectivity index (χ2v) is 9.32. The highest BCUT2D eigenvalue weighted by molar-refractivity contribution is 6.10. The molecule has 1 atom stereocenters. The molecule has 2 heterocycles. The van der Waals surface area contributed by atoms with Gasteiger partial charge in [-0.1, -0.05) is 57.2 Å². The maximum atomic E-state index is 13.6. The van der Waals surface area contributed by atoms with Crippen molar-refractivity contribution in [2.45, 2.75) is 32.2 Å². The first-order valence-corrected chi connectivity index (χ1v) is 10.9. The fraction of sp³-hybridized carbons (Fsp3) is 0.214. The zero-order chi connectivity index (χ0) is 23.3. The van der Waals surface area contributed by atoms with Gasteiger partial charge in [0.05, 0.1) is 24.1 Å². The number of carbonyl (C=O) groups excluding carboxylic acids is 1. The summed E-state index contributed by atoms with van der Waals surface area (Å²) in [6, 6.07) is 21.8. The third-order valence-corrected chi connectivity index (χ3v) is 6.22. The van der Waals surface area contributed by atoms with E-state index in [1.165, 1.54) is 5.56 Å². The standard InChI is InChI=1S/C28H25NO4/c1-28(2,3)18-11-9-17(10-12-18)24-23-25(30)21-7-5-6-8-22(21)33-26(23)27(31)29(24)19-13-15-20(32-4)16-14-19/h5-16,24H,1-4H3. The lowest BCUT2D eigenvalue weighted by Crippen LogP contribution is -2.29. The molecule has 0 saturated heterocycles. The third kappa shape index (κ3) is 3.41. The number of nitrogens with zero attached hydrogens (tertiary/aromatic N) is 1. The number of ether oxygens (including phenoxy) is 1. The average Bonchev–Trinajstić information content (AvgIpc) is 3.11. The van der Waals surface area contributed by atoms with Crippen molar-refractivity contribution in [3.63, 3.8) is 0 Å². The lowest BCUT2D eigenvalue weighted by molar-refractivity contribution is 0.0971. The molecule has 1 aliphatic heterocycles. The van der Waals surface area contributed by atoms with Gasteiger partial charge in [0.2, 0.25) is 5.76 Å². The molecule has 0 N–H and O–H groups in total. The molecule has 4 aromatic rings. The summed E-state index contributed by atoms with van der Waals surface area (Å²) >= 11 is 0. The largest absolute Gasteiger partial charge is 0.497 e. The van der Waals surface area contributed by atoms with E-state index >= 15 is 0 Å². The predicted molar refractivity (Wildman–Crippen MR) is 129 cm³/mol. The summed E-state index contributed by atoms with van der Waals surface area (Å²) in [6.45, 7) is 6.46. The van der Waals surface area contributed by atoms with E-state index in [4.69, 9.17) is 9.15 Å². The van der Waals surface area contributed by atoms with E-state index in [-0.39, 0.29) is 22.5 Å². The molecule has 1 aromatic heterocycles. The van der Waals surface area contributed by atoms with Crippen molar-refractivity contribution in [2.75, 3.05) is 12.0 Å². The van der Waals surface area contributed by atoms with E-state index in [2.05, 4.69) is 32.9 Å². The fourth-order valence-electron chi connectivity index (χ4n) is 4.41. The molecule has 0 aliphatic carbocycles. The lowest BCUT2D eigenvalue weighted by atomic mass is 9.86. The number of benzene rings is 3. The van der Waals surface area contributed by atoms with Crippen molar-refractivity contribution in [2.24, 2.45) is 0 Å². The summed E-state index contributed by atoms with van der Waals surface area (Å²) in [6.07, 6.45) is 0. The molecule has 5 rings (SSSR count). The van der Waals surface area contributed by atoms with Crippen molar-refractivity contribution in [3.05, 3.63) is 105 Å². The Bertz CT molecular complexity index is 1410. The Balaban J connectivity index is 1.74. The summed E-state index contributed by atoms with van der Waals surface area (Å²) in [5.74, 6) is 0.455. The summed E-state index contributed by atoms with van der Waals surface area (Å²) in [5, 5.41) is 0.469. The maximum absolute atomic E-state index is 13.6. The van der Waals surface area contributed by atoms with Crippen LogP contribution in [0.2, 0.25) is 0 Å². The van der Waals surface area contributed by atoms with Gasteiger partial charge in [0, 0.05) is 5.69 Å². The van der Waals surface area contributed by atoms with E-state index in [1.54, 1.807) is 48.4 Å². The monoisotopic (exact) mass is 439 g/mol. The molecular weight excluding hydrogens is 414 g/mol. The predicted octanol–water partition coefficient (Wildman–Crippen LogP) is 5.85. The molecule has 0 saturated carbocycles. The Morgan fingerprint density at radius 1 is 0.879 bits per heavy atom. The Labute approximate surface area is 192 Å². The molecule has 33 heavy (non-hydrogen) atoms. The minimum absolute atomic E-state index is 0.00711. The number of hydrogen-bond acceptors (Lipinski definition) is 4. The van der Waals surface area contributed by atoms with Crippen LogP contribution >= 0.6 is 0 Å². The van der Waals surface area contributed by atoms with Crippen molar-refractivity contribution in [3.8, 4) is 5.75 Å². The van der Waals surface area contributed by atoms with Gasteiger partial charge in [-0.3, -0.25) is 14.5 Å². The van der Waals surface area contributed by atoms with Gasteiger partial charge in [-0.25, -0.2) is 0 Å². The van der Waals surface area contributed by atoms with Crippen LogP contribution in [0, 0.1) is 0 Å². The van der Waals surface area contributed by atoms with Crippen LogP contribution in [0.3, 0.4) is 0 Å². The smallest absolute Gasteiger partial charge is 0.295 e. The highest BCUT2D eigenvalue weighted by Gasteiger charge is 2.43. The van der Waals surface area contributed by atoms with Crippen molar-refractivity contribution in [1.82, 2.24) is 0 Å². The van der Waals surface area contributed by atoms with E-state index in [9.17, 15) is 9.59 Å². The quantitative estimate of drug-likeness (QED) is 0.402. The SMILES string of the molecule is COc1ccc(N2C(=O)c3oc4ccccc4c(=O)c3C2c2ccc(C(C)(C)C)cc2)cc1. The molecule has 166 valence electrons. The molecule has 0 spiro atoms. The zero-order valence-electron chi connectivity index (χ0n) is 19.1. The Morgan fingerprint density at radius 3 is 2.18 bits per heavy atom. The number of methoxy groups -OCH3 is 1. The Kier molecular flexibility index (Phi) is 4.85. The molecule has 5 nitrogen and oxygen atoms in total. The van der Waals surface area contributed by atoms with Gasteiger partial charge in [-0.05, 0) is 52.9 Å². The Hall–Kier alpha value is -3.86. The van der Waals surface area contributed by atoms with Gasteiger partial charge in [-0.15, -0.1) is 0 Å². The number of rotatable bonds is 3. The van der Waals surface area contributed by atoms with E-state index < -0.39 is 6.04 Å². The first kappa shape index (κ1) is 21.0. The molecule has 0 radical (unpaired) electrons. The lowest BCUT2D eigenvalue weighted by Gasteiger charge is -2.26. The molecule has 0 bridgehead atoms. The van der Waals surface area contributed by atoms with Crippen molar-refractivity contribution in [1.29, 1.82) is 0 Å². The van der Waals surface area contributed by atoms with Crippen LogP contribution < -0.4 is 15.1 Å². The van der Waals surface area contributed by atoms with Gasteiger partial charge in [-0.2, -0.15) is 0 Å². The van der Waals surface area contributed by atoms with Crippen LogP contribution in [-0.2, 0) is 5.41 Å². The third-order valence-electron chi connectivity index (χ3n) is 6.22. The van der Waals surface area contributed by atoms with Crippen LogP contribution in [0.15, 0.2) is 82.0 Å². The van der Waals surface area contributed by atoms with E-state index in [1.807, 2.05) is 24.3 Å². The second kappa shape index (κ2) is 7.62. The van der Waals surface area contributed by atoms with Gasteiger partial charge >= 0.3 is 0 Å². The highest BCUT2D eigenvalue weighted by atomic mass is 16.5. The maximum Gasteiger partial charge on any atom is 0.295 e. The first-order valence-electron chi connectivity index (χ1n) is 10.9. The molecule has 1 amide bonds. The number of carbonyl (C=O) groups is 1. The normalized spacial score (nSPS) is 15.7. The average molecular weight is 440 g/mol. The summed E-state index contributed by atoms with van der Waals surface area (Å²) < 4.78 is 11.3. The van der Waals surface area contributed by atoms with E-state index in [0.29, 0.717) is 28.0 Å². The summed E-state index contributed by atoms with van der Waals surface area (Å²) in [7, 11) is 1.60. The molecule has 5 heteroatoms. The van der Waals surface area contributed by atoms with Gasteiger partial charge in [0.1, 0.15) is 11.3 Å². The number of para-hydroxylation sites is 1. The molecule has 1 unspecified atom stereocenters. The highest BCUT2D eigenvalue weighted by Crippen LogP contribution is 2.42. The molecular formula is C28H25NO4. The molecule has 1 aliphatic rings. The summed E-state index contributed by atoms with van der Waals surface area (Å²) in [4.78, 5) is 28.9. The van der Waals surface area contributed by atoms with Gasteiger partial charge in [0.25, 0.3) is 5.91 Å². The minimum atomic E-state index is -0.587. The van der Waals surface area contributed by atoms with Crippen LogP contribution in [0.5, 0.6) is 5.75 Å². The van der Waals surface area contributed by atoms with Crippen LogP contribution in [0.1, 0.15) is 54.1 Å². The molecule has 3 aromatic carbocycles. The fourth-order valence-corrected chi connectivity index (χ4v) is 4.41.